The van der Waals surface area contributed by atoms with Crippen molar-refractivity contribution in [2.45, 2.75) is 13.5 Å². The third-order valence-corrected chi connectivity index (χ3v) is 4.60. The Hall–Kier alpha value is -2.99. The van der Waals surface area contributed by atoms with Crippen LogP contribution in [-0.2, 0) is 6.54 Å². The van der Waals surface area contributed by atoms with Gasteiger partial charge in [0.25, 0.3) is 5.91 Å². The predicted octanol–water partition coefficient (Wildman–Crippen LogP) is 3.70. The predicted molar refractivity (Wildman–Crippen MR) is 103 cm³/mol. The largest absolute Gasteiger partial charge is 0.493 e. The number of hydrogen-bond donors (Lipinski definition) is 1. The zero-order valence-corrected chi connectivity index (χ0v) is 15.8. The molecule has 0 atom stereocenters. The summed E-state index contributed by atoms with van der Waals surface area (Å²) in [5.41, 5.74) is 1.78. The number of nitrogens with one attached hydrogen (secondary N) is 1. The van der Waals surface area contributed by atoms with E-state index >= 15 is 0 Å². The molecule has 0 bridgehead atoms. The van der Waals surface area contributed by atoms with Crippen molar-refractivity contribution in [1.82, 2.24) is 5.32 Å². The Morgan fingerprint density at radius 3 is 2.56 bits per heavy atom. The van der Waals surface area contributed by atoms with Crippen LogP contribution >= 0.6 is 11.6 Å². The lowest BCUT2D eigenvalue weighted by molar-refractivity contribution is 0.0950. The van der Waals surface area contributed by atoms with E-state index in [0.717, 1.165) is 5.56 Å². The molecule has 140 valence electrons. The van der Waals surface area contributed by atoms with Crippen LogP contribution in [0.15, 0.2) is 45.6 Å². The standard InChI is InChI=1S/C20H18ClNO5/c1-11-6-17-14(9-15(11)21)13(8-19(23)27-17)10-22-20(24)12-4-5-16(25-2)18(7-12)26-3/h4-9H,10H2,1-3H3,(H,22,24). The zero-order valence-electron chi connectivity index (χ0n) is 15.1. The quantitative estimate of drug-likeness (QED) is 0.675. The van der Waals surface area contributed by atoms with E-state index in [2.05, 4.69) is 5.32 Å². The van der Waals surface area contributed by atoms with Crippen molar-refractivity contribution in [3.63, 3.8) is 0 Å². The molecule has 1 aromatic heterocycles. The Bertz CT molecular complexity index is 1070. The van der Waals surface area contributed by atoms with E-state index in [-0.39, 0.29) is 12.5 Å². The number of carbonyl (C=O) groups excluding carboxylic acids is 1. The molecule has 0 saturated carbocycles. The molecule has 0 radical (unpaired) electrons. The molecule has 0 spiro atoms. The average molecular weight is 388 g/mol. The maximum Gasteiger partial charge on any atom is 0.336 e. The number of ether oxygens (including phenoxy) is 2. The maximum atomic E-state index is 12.5. The number of carbonyl (C=O) groups is 1. The summed E-state index contributed by atoms with van der Waals surface area (Å²) in [6.07, 6.45) is 0. The summed E-state index contributed by atoms with van der Waals surface area (Å²) in [4.78, 5) is 24.3. The number of fused-ring (bicyclic) bond motifs is 1. The van der Waals surface area contributed by atoms with Crippen LogP contribution in [0, 0.1) is 6.92 Å². The minimum absolute atomic E-state index is 0.147. The third-order valence-electron chi connectivity index (χ3n) is 4.19. The van der Waals surface area contributed by atoms with Crippen LogP contribution in [0.2, 0.25) is 5.02 Å². The number of hydrogen-bond acceptors (Lipinski definition) is 5. The topological polar surface area (TPSA) is 77.8 Å². The molecule has 0 saturated heterocycles. The van der Waals surface area contributed by atoms with Gasteiger partial charge in [-0.3, -0.25) is 4.79 Å². The van der Waals surface area contributed by atoms with Crippen molar-refractivity contribution in [2.75, 3.05) is 14.2 Å². The van der Waals surface area contributed by atoms with Gasteiger partial charge in [-0.15, -0.1) is 0 Å². The Labute approximate surface area is 160 Å². The van der Waals surface area contributed by atoms with E-state index in [1.54, 1.807) is 30.3 Å². The van der Waals surface area contributed by atoms with Crippen LogP contribution in [0.5, 0.6) is 11.5 Å². The van der Waals surface area contributed by atoms with Crippen molar-refractivity contribution in [2.24, 2.45) is 0 Å². The van der Waals surface area contributed by atoms with Gasteiger partial charge in [0.15, 0.2) is 11.5 Å². The molecule has 27 heavy (non-hydrogen) atoms. The fraction of sp³-hybridized carbons (Fsp3) is 0.200. The highest BCUT2D eigenvalue weighted by atomic mass is 35.5. The SMILES string of the molecule is COc1ccc(C(=O)NCc2cc(=O)oc3cc(C)c(Cl)cc23)cc1OC. The lowest BCUT2D eigenvalue weighted by Crippen LogP contribution is -2.23. The molecule has 7 heteroatoms. The Balaban J connectivity index is 1.87. The summed E-state index contributed by atoms with van der Waals surface area (Å²) in [6, 6.07) is 9.66. The molecule has 0 aliphatic heterocycles. The highest BCUT2D eigenvalue weighted by Gasteiger charge is 2.13. The second kappa shape index (κ2) is 7.72. The normalized spacial score (nSPS) is 10.7. The monoisotopic (exact) mass is 387 g/mol. The molecule has 2 aromatic carbocycles. The second-order valence-corrected chi connectivity index (χ2v) is 6.35. The lowest BCUT2D eigenvalue weighted by Gasteiger charge is -2.11. The van der Waals surface area contributed by atoms with E-state index in [0.29, 0.717) is 38.6 Å². The fourth-order valence-electron chi connectivity index (χ4n) is 2.75. The fourth-order valence-corrected chi connectivity index (χ4v) is 2.91. The summed E-state index contributed by atoms with van der Waals surface area (Å²) < 4.78 is 15.6. The first kappa shape index (κ1) is 18.8. The second-order valence-electron chi connectivity index (χ2n) is 5.94. The summed E-state index contributed by atoms with van der Waals surface area (Å²) in [7, 11) is 3.02. The first-order valence-corrected chi connectivity index (χ1v) is 8.54. The van der Waals surface area contributed by atoms with Gasteiger partial charge in [0.2, 0.25) is 0 Å². The summed E-state index contributed by atoms with van der Waals surface area (Å²) in [5, 5.41) is 4.04. The van der Waals surface area contributed by atoms with Crippen LogP contribution in [0.1, 0.15) is 21.5 Å². The molecule has 0 aliphatic carbocycles. The van der Waals surface area contributed by atoms with Crippen LogP contribution < -0.4 is 20.4 Å². The molecule has 3 rings (SSSR count). The van der Waals surface area contributed by atoms with Gasteiger partial charge in [-0.05, 0) is 48.4 Å². The molecular weight excluding hydrogens is 370 g/mol. The van der Waals surface area contributed by atoms with Gasteiger partial charge in [-0.2, -0.15) is 0 Å². The summed E-state index contributed by atoms with van der Waals surface area (Å²) >= 11 is 6.19. The first-order valence-electron chi connectivity index (χ1n) is 8.16. The van der Waals surface area contributed by atoms with Crippen LogP contribution in [0.4, 0.5) is 0 Å². The number of methoxy groups -OCH3 is 2. The molecule has 0 unspecified atom stereocenters. The van der Waals surface area contributed by atoms with Gasteiger partial charge in [-0.1, -0.05) is 11.6 Å². The Morgan fingerprint density at radius 1 is 1.11 bits per heavy atom. The minimum Gasteiger partial charge on any atom is -0.493 e. The number of rotatable bonds is 5. The van der Waals surface area contributed by atoms with Crippen molar-refractivity contribution >= 4 is 28.5 Å². The zero-order chi connectivity index (χ0) is 19.6. The molecule has 1 amide bonds. The lowest BCUT2D eigenvalue weighted by atomic mass is 10.1. The number of aryl methyl sites for hydroxylation is 1. The molecule has 6 nitrogen and oxygen atoms in total. The Kier molecular flexibility index (Phi) is 5.37. The smallest absolute Gasteiger partial charge is 0.336 e. The molecule has 1 N–H and O–H groups in total. The van der Waals surface area contributed by atoms with Gasteiger partial charge in [0.05, 0.1) is 14.2 Å². The highest BCUT2D eigenvalue weighted by molar-refractivity contribution is 6.32. The van der Waals surface area contributed by atoms with Gasteiger partial charge in [-0.25, -0.2) is 4.79 Å². The summed E-state index contributed by atoms with van der Waals surface area (Å²) in [5.74, 6) is 0.680. The van der Waals surface area contributed by atoms with Crippen molar-refractivity contribution in [1.29, 1.82) is 0 Å². The van der Waals surface area contributed by atoms with Crippen molar-refractivity contribution in [3.05, 3.63) is 68.5 Å². The van der Waals surface area contributed by atoms with Gasteiger partial charge >= 0.3 is 5.63 Å². The molecule has 1 heterocycles. The summed E-state index contributed by atoms with van der Waals surface area (Å²) in [6.45, 7) is 1.97. The van der Waals surface area contributed by atoms with E-state index < -0.39 is 5.63 Å². The van der Waals surface area contributed by atoms with Gasteiger partial charge in [0.1, 0.15) is 5.58 Å². The number of amides is 1. The Morgan fingerprint density at radius 2 is 1.85 bits per heavy atom. The van der Waals surface area contributed by atoms with Crippen LogP contribution in [-0.4, -0.2) is 20.1 Å². The minimum atomic E-state index is -0.486. The molecule has 0 fully saturated rings. The number of benzene rings is 2. The maximum absolute atomic E-state index is 12.5. The van der Waals surface area contributed by atoms with Crippen molar-refractivity contribution < 1.29 is 18.7 Å². The van der Waals surface area contributed by atoms with E-state index in [4.69, 9.17) is 25.5 Å². The molecular formula is C20H18ClNO5. The molecule has 0 aliphatic rings. The molecule has 3 aromatic rings. The average Bonchev–Trinajstić information content (AvgIpc) is 2.66. The third kappa shape index (κ3) is 3.90. The first-order chi connectivity index (χ1) is 12.9. The number of halogens is 1. The van der Waals surface area contributed by atoms with E-state index in [1.165, 1.54) is 20.3 Å². The van der Waals surface area contributed by atoms with Gasteiger partial charge < -0.3 is 19.2 Å². The van der Waals surface area contributed by atoms with E-state index in [9.17, 15) is 9.59 Å². The van der Waals surface area contributed by atoms with Crippen LogP contribution in [0.25, 0.3) is 11.0 Å². The van der Waals surface area contributed by atoms with E-state index in [1.807, 2.05) is 6.92 Å². The van der Waals surface area contributed by atoms with Gasteiger partial charge in [0, 0.05) is 28.6 Å². The van der Waals surface area contributed by atoms with Crippen molar-refractivity contribution in [3.8, 4) is 11.5 Å². The highest BCUT2D eigenvalue weighted by Crippen LogP contribution is 2.28. The van der Waals surface area contributed by atoms with Crippen LogP contribution in [0.3, 0.4) is 0 Å².